The minimum Gasteiger partial charge on any atom is -0.282 e. The van der Waals surface area contributed by atoms with Gasteiger partial charge in [-0.15, -0.1) is 0 Å². The largest absolute Gasteiger partial charge is 0.282 e. The van der Waals surface area contributed by atoms with Crippen molar-refractivity contribution in [3.8, 4) is 0 Å². The van der Waals surface area contributed by atoms with Crippen LogP contribution in [0.15, 0.2) is 24.3 Å². The maximum Gasteiger partial charge on any atom is 0.269 e. The second-order valence-electron chi connectivity index (χ2n) is 2.47. The summed E-state index contributed by atoms with van der Waals surface area (Å²) in [4.78, 5) is 20.3. The molecule has 5 heteroatoms. The fourth-order valence-corrected chi connectivity index (χ4v) is 1.07. The summed E-state index contributed by atoms with van der Waals surface area (Å²) >= 11 is 4.37. The van der Waals surface area contributed by atoms with Gasteiger partial charge in [0.15, 0.2) is 0 Å². The maximum atomic E-state index is 10.5. The first-order valence-corrected chi connectivity index (χ1v) is 3.93. The highest BCUT2D eigenvalue weighted by Crippen LogP contribution is 2.12. The Hall–Kier alpha value is -1.49. The molecule has 0 amide bonds. The van der Waals surface area contributed by atoms with Gasteiger partial charge in [0.1, 0.15) is 0 Å². The van der Waals surface area contributed by atoms with Gasteiger partial charge in [-0.3, -0.25) is 14.9 Å². The lowest BCUT2D eigenvalue weighted by Gasteiger charge is -1.95. The van der Waals surface area contributed by atoms with Gasteiger partial charge < -0.3 is 0 Å². The fraction of sp³-hybridized carbons (Fsp3) is 0.125. The highest BCUT2D eigenvalue weighted by atomic mass is 32.1. The summed E-state index contributed by atoms with van der Waals surface area (Å²) in [5.41, 5.74) is 0.714. The molecule has 1 radical (unpaired) electrons. The van der Waals surface area contributed by atoms with Crippen molar-refractivity contribution in [1.29, 1.82) is 0 Å². The Labute approximate surface area is 80.1 Å². The average molecular weight is 196 g/mol. The Morgan fingerprint density at radius 3 is 2.31 bits per heavy atom. The molecule has 0 saturated heterocycles. The van der Waals surface area contributed by atoms with Crippen molar-refractivity contribution in [2.24, 2.45) is 0 Å². The highest BCUT2D eigenvalue weighted by Gasteiger charge is 2.05. The van der Waals surface area contributed by atoms with Crippen LogP contribution in [-0.2, 0) is 11.2 Å². The molecule has 0 N–H and O–H groups in total. The van der Waals surface area contributed by atoms with Gasteiger partial charge in [-0.25, -0.2) is 0 Å². The molecule has 1 rings (SSSR count). The first kappa shape index (κ1) is 9.60. The lowest BCUT2D eigenvalue weighted by molar-refractivity contribution is -0.384. The summed E-state index contributed by atoms with van der Waals surface area (Å²) < 4.78 is 0. The Kier molecular flexibility index (Phi) is 2.92. The van der Waals surface area contributed by atoms with Gasteiger partial charge in [0, 0.05) is 18.6 Å². The monoisotopic (exact) mass is 196 g/mol. The van der Waals surface area contributed by atoms with Crippen molar-refractivity contribution in [3.05, 3.63) is 39.9 Å². The van der Waals surface area contributed by atoms with E-state index in [4.69, 9.17) is 0 Å². The smallest absolute Gasteiger partial charge is 0.269 e. The molecule has 0 saturated carbocycles. The molecule has 1 aromatic rings. The molecule has 0 bridgehead atoms. The van der Waals surface area contributed by atoms with Crippen LogP contribution in [0.1, 0.15) is 5.56 Å². The number of non-ortho nitro benzene ring substituents is 1. The van der Waals surface area contributed by atoms with Crippen molar-refractivity contribution >= 4 is 23.4 Å². The third kappa shape index (κ3) is 2.79. The Balaban J connectivity index is 2.81. The van der Waals surface area contributed by atoms with Crippen molar-refractivity contribution in [2.45, 2.75) is 6.42 Å². The zero-order valence-electron chi connectivity index (χ0n) is 6.60. The van der Waals surface area contributed by atoms with Crippen LogP contribution < -0.4 is 0 Å². The third-order valence-corrected chi connectivity index (χ3v) is 1.64. The Morgan fingerprint density at radius 2 is 1.92 bits per heavy atom. The normalized spacial score (nSPS) is 9.54. The first-order chi connectivity index (χ1) is 6.09. The third-order valence-electron chi connectivity index (χ3n) is 1.50. The van der Waals surface area contributed by atoms with Crippen molar-refractivity contribution < 1.29 is 9.72 Å². The molecule has 0 aromatic heterocycles. The van der Waals surface area contributed by atoms with Crippen molar-refractivity contribution in [1.82, 2.24) is 0 Å². The molecule has 0 heterocycles. The van der Waals surface area contributed by atoms with Crippen LogP contribution in [0.25, 0.3) is 0 Å². The number of nitrogens with zero attached hydrogens (tertiary/aromatic N) is 1. The minimum absolute atomic E-state index is 0.0144. The number of carbonyl (C=O) groups excluding carboxylic acids is 1. The lowest BCUT2D eigenvalue weighted by Crippen LogP contribution is -1.94. The van der Waals surface area contributed by atoms with Crippen molar-refractivity contribution in [2.75, 3.05) is 0 Å². The minimum atomic E-state index is -0.487. The van der Waals surface area contributed by atoms with Gasteiger partial charge in [-0.05, 0) is 18.2 Å². The molecule has 0 aliphatic heterocycles. The number of hydrogen-bond donors (Lipinski definition) is 0. The van der Waals surface area contributed by atoms with E-state index in [1.165, 1.54) is 24.3 Å². The summed E-state index contributed by atoms with van der Waals surface area (Å²) in [6.07, 6.45) is 0.146. The number of nitro benzene ring substituents is 1. The van der Waals surface area contributed by atoms with E-state index in [0.717, 1.165) is 0 Å². The molecule has 0 fully saturated rings. The van der Waals surface area contributed by atoms with E-state index >= 15 is 0 Å². The Bertz CT molecular complexity index is 334. The van der Waals surface area contributed by atoms with E-state index in [1.54, 1.807) is 0 Å². The van der Waals surface area contributed by atoms with Crippen LogP contribution in [0.2, 0.25) is 0 Å². The fourth-order valence-electron chi connectivity index (χ4n) is 0.902. The summed E-state index contributed by atoms with van der Waals surface area (Å²) in [6.45, 7) is 0. The predicted octanol–water partition coefficient (Wildman–Crippen LogP) is 1.86. The van der Waals surface area contributed by atoms with Gasteiger partial charge >= 0.3 is 0 Å². The molecule has 13 heavy (non-hydrogen) atoms. The van der Waals surface area contributed by atoms with Gasteiger partial charge in [-0.1, -0.05) is 12.1 Å². The van der Waals surface area contributed by atoms with Crippen LogP contribution in [0.5, 0.6) is 0 Å². The molecule has 1 aromatic carbocycles. The summed E-state index contributed by atoms with van der Waals surface area (Å²) in [5, 5.41) is 9.89. The van der Waals surface area contributed by atoms with E-state index in [0.29, 0.717) is 5.56 Å². The molecule has 0 unspecified atom stereocenters. The van der Waals surface area contributed by atoms with Crippen molar-refractivity contribution in [3.63, 3.8) is 0 Å². The summed E-state index contributed by atoms with van der Waals surface area (Å²) in [7, 11) is 0. The number of rotatable bonds is 3. The maximum absolute atomic E-state index is 10.5. The highest BCUT2D eigenvalue weighted by molar-refractivity contribution is 7.96. The van der Waals surface area contributed by atoms with E-state index < -0.39 is 4.92 Å². The summed E-state index contributed by atoms with van der Waals surface area (Å²) in [5.74, 6) is 0. The number of hydrogen-bond acceptors (Lipinski definition) is 3. The van der Waals surface area contributed by atoms with Crippen LogP contribution in [0.4, 0.5) is 5.69 Å². The molecular weight excluding hydrogens is 190 g/mol. The number of carbonyl (C=O) groups is 1. The van der Waals surface area contributed by atoms with Crippen LogP contribution >= 0.6 is 12.6 Å². The lowest BCUT2D eigenvalue weighted by atomic mass is 10.1. The summed E-state index contributed by atoms with van der Waals surface area (Å²) in [6, 6.07) is 5.77. The second-order valence-corrected chi connectivity index (χ2v) is 2.93. The van der Waals surface area contributed by atoms with Crippen LogP contribution in [0.3, 0.4) is 0 Å². The van der Waals surface area contributed by atoms with E-state index in [2.05, 4.69) is 12.6 Å². The zero-order valence-corrected chi connectivity index (χ0v) is 7.41. The molecular formula is C8H6NO3S. The van der Waals surface area contributed by atoms with E-state index in [9.17, 15) is 14.9 Å². The molecule has 0 aliphatic rings. The quantitative estimate of drug-likeness (QED) is 0.547. The zero-order chi connectivity index (χ0) is 9.84. The van der Waals surface area contributed by atoms with Crippen LogP contribution in [-0.4, -0.2) is 10.0 Å². The van der Waals surface area contributed by atoms with Gasteiger partial charge in [-0.2, -0.15) is 0 Å². The van der Waals surface area contributed by atoms with Gasteiger partial charge in [0.2, 0.25) is 5.12 Å². The number of nitro groups is 1. The molecule has 0 spiro atoms. The van der Waals surface area contributed by atoms with Crippen LogP contribution in [0, 0.1) is 10.1 Å². The van der Waals surface area contributed by atoms with E-state index in [1.807, 2.05) is 0 Å². The molecule has 0 aliphatic carbocycles. The van der Waals surface area contributed by atoms with Gasteiger partial charge in [0.05, 0.1) is 4.92 Å². The second kappa shape index (κ2) is 3.95. The standard InChI is InChI=1S/C8H6NO3S/c10-8(13)5-6-1-3-7(4-2-6)9(11)12/h1-4H,5H2. The molecule has 67 valence electrons. The molecule has 0 atom stereocenters. The Morgan fingerprint density at radius 1 is 1.38 bits per heavy atom. The average Bonchev–Trinajstić information content (AvgIpc) is 2.04. The van der Waals surface area contributed by atoms with Gasteiger partial charge in [0.25, 0.3) is 5.69 Å². The SMILES string of the molecule is O=C([S])Cc1ccc([N+](=O)[O-])cc1. The van der Waals surface area contributed by atoms with E-state index in [-0.39, 0.29) is 17.2 Å². The molecule has 4 nitrogen and oxygen atoms in total. The number of benzene rings is 1. The predicted molar refractivity (Wildman–Crippen MR) is 49.4 cm³/mol. The first-order valence-electron chi connectivity index (χ1n) is 3.53. The topological polar surface area (TPSA) is 60.2 Å².